The lowest BCUT2D eigenvalue weighted by Crippen LogP contribution is -2.25. The van der Waals surface area contributed by atoms with E-state index in [4.69, 9.17) is 11.6 Å². The van der Waals surface area contributed by atoms with Crippen LogP contribution in [0.5, 0.6) is 0 Å². The summed E-state index contributed by atoms with van der Waals surface area (Å²) in [5, 5.41) is 7.01. The Kier molecular flexibility index (Phi) is 6.68. The van der Waals surface area contributed by atoms with Crippen molar-refractivity contribution in [3.05, 3.63) is 64.2 Å². The summed E-state index contributed by atoms with van der Waals surface area (Å²) >= 11 is 6.09. The van der Waals surface area contributed by atoms with Gasteiger partial charge in [0.2, 0.25) is 5.91 Å². The molecule has 0 aliphatic heterocycles. The molecule has 0 radical (unpaired) electrons. The van der Waals surface area contributed by atoms with Crippen LogP contribution < -0.4 is 10.6 Å². The van der Waals surface area contributed by atoms with E-state index < -0.39 is 0 Å². The number of halogens is 1. The van der Waals surface area contributed by atoms with Gasteiger partial charge in [-0.05, 0) is 35.6 Å². The Morgan fingerprint density at radius 1 is 1.12 bits per heavy atom. The van der Waals surface area contributed by atoms with Crippen molar-refractivity contribution in [2.75, 3.05) is 11.9 Å². The molecule has 3 nitrogen and oxygen atoms in total. The molecule has 0 atom stereocenters. The van der Waals surface area contributed by atoms with Crippen LogP contribution in [0.25, 0.3) is 0 Å². The maximum absolute atomic E-state index is 12.0. The number of para-hydroxylation sites is 1. The van der Waals surface area contributed by atoms with Crippen LogP contribution in [0.15, 0.2) is 42.5 Å². The highest BCUT2D eigenvalue weighted by Gasteiger charge is 2.09. The first kappa shape index (κ1) is 18.3. The molecular formula is C20H25ClN2O. The second kappa shape index (κ2) is 8.74. The molecule has 0 saturated heterocycles. The Hall–Kier alpha value is -2.00. The van der Waals surface area contributed by atoms with Gasteiger partial charge in [0.1, 0.15) is 0 Å². The standard InChI is InChI=1S/C20H25ClN2O/c1-14(2)17-9-6-7-15(3)20(17)22-12-11-19(24)23-13-16-8-4-5-10-18(16)21/h4-10,14,22H,11-13H2,1-3H3,(H,23,24). The number of aryl methyl sites for hydroxylation is 1. The first-order valence-electron chi connectivity index (χ1n) is 8.32. The number of rotatable bonds is 7. The fourth-order valence-electron chi connectivity index (χ4n) is 2.64. The van der Waals surface area contributed by atoms with E-state index in [1.54, 1.807) is 0 Å². The first-order chi connectivity index (χ1) is 11.5. The molecule has 2 N–H and O–H groups in total. The quantitative estimate of drug-likeness (QED) is 0.750. The predicted octanol–water partition coefficient (Wildman–Crippen LogP) is 4.89. The van der Waals surface area contributed by atoms with Crippen molar-refractivity contribution >= 4 is 23.2 Å². The van der Waals surface area contributed by atoms with Crippen molar-refractivity contribution in [3.63, 3.8) is 0 Å². The SMILES string of the molecule is Cc1cccc(C(C)C)c1NCCC(=O)NCc1ccccc1Cl. The highest BCUT2D eigenvalue weighted by Crippen LogP contribution is 2.27. The topological polar surface area (TPSA) is 41.1 Å². The van der Waals surface area contributed by atoms with Gasteiger partial charge in [0.15, 0.2) is 0 Å². The number of carbonyl (C=O) groups excluding carboxylic acids is 1. The van der Waals surface area contributed by atoms with E-state index in [0.29, 0.717) is 30.5 Å². The Labute approximate surface area is 149 Å². The number of nitrogens with one attached hydrogen (secondary N) is 2. The van der Waals surface area contributed by atoms with Gasteiger partial charge < -0.3 is 10.6 Å². The van der Waals surface area contributed by atoms with Crippen molar-refractivity contribution in [1.82, 2.24) is 5.32 Å². The monoisotopic (exact) mass is 344 g/mol. The Balaban J connectivity index is 1.84. The molecule has 1 amide bonds. The number of carbonyl (C=O) groups is 1. The first-order valence-corrected chi connectivity index (χ1v) is 8.70. The average Bonchev–Trinajstić information content (AvgIpc) is 2.55. The van der Waals surface area contributed by atoms with Gasteiger partial charge in [0, 0.05) is 30.2 Å². The molecule has 0 fully saturated rings. The van der Waals surface area contributed by atoms with Gasteiger partial charge >= 0.3 is 0 Å². The third-order valence-corrected chi connectivity index (χ3v) is 4.38. The van der Waals surface area contributed by atoms with Crippen molar-refractivity contribution in [3.8, 4) is 0 Å². The third-order valence-electron chi connectivity index (χ3n) is 4.01. The van der Waals surface area contributed by atoms with E-state index in [1.807, 2.05) is 24.3 Å². The van der Waals surface area contributed by atoms with Crippen LogP contribution in [0, 0.1) is 6.92 Å². The minimum atomic E-state index is 0.0158. The molecule has 0 heterocycles. The molecule has 0 unspecified atom stereocenters. The molecule has 0 aliphatic rings. The lowest BCUT2D eigenvalue weighted by molar-refractivity contribution is -0.121. The average molecular weight is 345 g/mol. The molecule has 4 heteroatoms. The van der Waals surface area contributed by atoms with Crippen LogP contribution in [0.1, 0.15) is 42.9 Å². The number of amides is 1. The zero-order chi connectivity index (χ0) is 17.5. The molecule has 2 rings (SSSR count). The summed E-state index contributed by atoms with van der Waals surface area (Å²) in [6.07, 6.45) is 0.427. The fourth-order valence-corrected chi connectivity index (χ4v) is 2.84. The van der Waals surface area contributed by atoms with Crippen molar-refractivity contribution in [2.24, 2.45) is 0 Å². The van der Waals surface area contributed by atoms with Crippen LogP contribution in [-0.2, 0) is 11.3 Å². The van der Waals surface area contributed by atoms with E-state index in [-0.39, 0.29) is 5.91 Å². The molecule has 0 aliphatic carbocycles. The second-order valence-corrected chi connectivity index (χ2v) is 6.65. The highest BCUT2D eigenvalue weighted by atomic mass is 35.5. The number of hydrogen-bond acceptors (Lipinski definition) is 2. The largest absolute Gasteiger partial charge is 0.384 e. The summed E-state index contributed by atoms with van der Waals surface area (Å²) < 4.78 is 0. The summed E-state index contributed by atoms with van der Waals surface area (Å²) in [5.74, 6) is 0.462. The predicted molar refractivity (Wildman–Crippen MR) is 102 cm³/mol. The summed E-state index contributed by atoms with van der Waals surface area (Å²) in [5.41, 5.74) is 4.57. The molecule has 128 valence electrons. The van der Waals surface area contributed by atoms with Gasteiger partial charge in [-0.3, -0.25) is 4.79 Å². The van der Waals surface area contributed by atoms with Crippen molar-refractivity contribution in [2.45, 2.75) is 39.7 Å². The molecule has 0 bridgehead atoms. The van der Waals surface area contributed by atoms with Crippen molar-refractivity contribution in [1.29, 1.82) is 0 Å². The van der Waals surface area contributed by atoms with Crippen LogP contribution in [0.4, 0.5) is 5.69 Å². The molecule has 2 aromatic carbocycles. The normalized spacial score (nSPS) is 10.7. The minimum absolute atomic E-state index is 0.0158. The Bertz CT molecular complexity index is 698. The van der Waals surface area contributed by atoms with Crippen LogP contribution in [0.3, 0.4) is 0 Å². The third kappa shape index (κ3) is 5.00. The lowest BCUT2D eigenvalue weighted by Gasteiger charge is -2.17. The number of anilines is 1. The summed E-state index contributed by atoms with van der Waals surface area (Å²) in [6, 6.07) is 13.8. The van der Waals surface area contributed by atoms with Crippen LogP contribution >= 0.6 is 11.6 Å². The number of hydrogen-bond donors (Lipinski definition) is 2. The second-order valence-electron chi connectivity index (χ2n) is 6.24. The van der Waals surface area contributed by atoms with Gasteiger partial charge in [0.25, 0.3) is 0 Å². The molecule has 0 aromatic heterocycles. The Morgan fingerprint density at radius 2 is 1.88 bits per heavy atom. The smallest absolute Gasteiger partial charge is 0.222 e. The zero-order valence-electron chi connectivity index (χ0n) is 14.5. The van der Waals surface area contributed by atoms with E-state index in [0.717, 1.165) is 11.3 Å². The van der Waals surface area contributed by atoms with Gasteiger partial charge in [-0.15, -0.1) is 0 Å². The van der Waals surface area contributed by atoms with Gasteiger partial charge in [-0.1, -0.05) is 61.8 Å². The van der Waals surface area contributed by atoms with E-state index in [9.17, 15) is 4.79 Å². The van der Waals surface area contributed by atoms with E-state index in [2.05, 4.69) is 49.6 Å². The summed E-state index contributed by atoms with van der Waals surface area (Å²) in [4.78, 5) is 12.0. The molecule has 24 heavy (non-hydrogen) atoms. The molecule has 2 aromatic rings. The van der Waals surface area contributed by atoms with Crippen LogP contribution in [0.2, 0.25) is 5.02 Å². The molecule has 0 saturated carbocycles. The zero-order valence-corrected chi connectivity index (χ0v) is 15.3. The van der Waals surface area contributed by atoms with Gasteiger partial charge in [-0.25, -0.2) is 0 Å². The Morgan fingerprint density at radius 3 is 2.58 bits per heavy atom. The van der Waals surface area contributed by atoms with Crippen LogP contribution in [-0.4, -0.2) is 12.5 Å². The fraction of sp³-hybridized carbons (Fsp3) is 0.350. The highest BCUT2D eigenvalue weighted by molar-refractivity contribution is 6.31. The minimum Gasteiger partial charge on any atom is -0.384 e. The number of benzene rings is 2. The molecule has 0 spiro atoms. The maximum atomic E-state index is 12.0. The molecular weight excluding hydrogens is 320 g/mol. The lowest BCUT2D eigenvalue weighted by atomic mass is 9.98. The van der Waals surface area contributed by atoms with Gasteiger partial charge in [-0.2, -0.15) is 0 Å². The van der Waals surface area contributed by atoms with Crippen molar-refractivity contribution < 1.29 is 4.79 Å². The van der Waals surface area contributed by atoms with E-state index in [1.165, 1.54) is 11.1 Å². The summed E-state index contributed by atoms with van der Waals surface area (Å²) in [6.45, 7) is 7.51. The summed E-state index contributed by atoms with van der Waals surface area (Å²) in [7, 11) is 0. The van der Waals surface area contributed by atoms with Gasteiger partial charge in [0.05, 0.1) is 0 Å². The van der Waals surface area contributed by atoms with E-state index >= 15 is 0 Å². The maximum Gasteiger partial charge on any atom is 0.222 e.